The second-order valence-corrected chi connectivity index (χ2v) is 7.31. The highest BCUT2D eigenvalue weighted by Gasteiger charge is 2.52. The lowest BCUT2D eigenvalue weighted by Crippen LogP contribution is -2.66. The summed E-state index contributed by atoms with van der Waals surface area (Å²) in [6.45, 7) is 2.21. The third kappa shape index (κ3) is 3.89. The fraction of sp³-hybridized carbons (Fsp3) is 0.632. The van der Waals surface area contributed by atoms with Crippen LogP contribution >= 0.6 is 0 Å². The van der Waals surface area contributed by atoms with E-state index in [0.29, 0.717) is 12.3 Å². The summed E-state index contributed by atoms with van der Waals surface area (Å²) in [5.41, 5.74) is 0.646. The van der Waals surface area contributed by atoms with Gasteiger partial charge in [-0.25, -0.2) is 4.79 Å². The van der Waals surface area contributed by atoms with Crippen molar-refractivity contribution < 1.29 is 24.1 Å². The van der Waals surface area contributed by atoms with Crippen LogP contribution in [0.5, 0.6) is 5.75 Å². The first kappa shape index (κ1) is 18.5. The van der Waals surface area contributed by atoms with Crippen molar-refractivity contribution in [2.75, 3.05) is 32.1 Å². The number of hydrogen-bond acceptors (Lipinski definition) is 6. The second kappa shape index (κ2) is 8.02. The van der Waals surface area contributed by atoms with Crippen molar-refractivity contribution in [2.45, 2.75) is 49.8 Å². The zero-order valence-electron chi connectivity index (χ0n) is 15.5. The fourth-order valence-electron chi connectivity index (χ4n) is 4.18. The van der Waals surface area contributed by atoms with E-state index in [1.807, 2.05) is 0 Å². The molecule has 8 nitrogen and oxygen atoms in total. The Morgan fingerprint density at radius 2 is 1.96 bits per heavy atom. The number of aliphatic hydroxyl groups is 1. The Kier molecular flexibility index (Phi) is 5.49. The molecule has 3 N–H and O–H groups in total. The highest BCUT2D eigenvalue weighted by atomic mass is 16.7. The first-order valence-electron chi connectivity index (χ1n) is 9.56. The fourth-order valence-corrected chi connectivity index (χ4v) is 4.18. The molecule has 3 saturated heterocycles. The van der Waals surface area contributed by atoms with Gasteiger partial charge in [0.05, 0.1) is 31.9 Å². The molecule has 0 unspecified atom stereocenters. The number of nitrogens with one attached hydrogen (secondary N) is 2. The highest BCUT2D eigenvalue weighted by molar-refractivity contribution is 5.89. The zero-order chi connectivity index (χ0) is 18.8. The van der Waals surface area contributed by atoms with Crippen LogP contribution < -0.4 is 15.4 Å². The molecule has 2 amide bonds. The van der Waals surface area contributed by atoms with Crippen molar-refractivity contribution in [3.05, 3.63) is 24.3 Å². The maximum atomic E-state index is 12.5. The van der Waals surface area contributed by atoms with Gasteiger partial charge in [-0.1, -0.05) is 6.42 Å². The summed E-state index contributed by atoms with van der Waals surface area (Å²) in [5.74, 6) is 0.718. The smallest absolute Gasteiger partial charge is 0.319 e. The number of piperidine rings is 1. The molecule has 0 spiro atoms. The molecule has 3 fully saturated rings. The SMILES string of the molecule is COc1ccc(NC(=O)N[C@H]2[C@H](O)[C@@H](N3CCCCC3)[C@@H]3OC[C@H]2O3)cc1. The van der Waals surface area contributed by atoms with Gasteiger partial charge < -0.3 is 30.0 Å². The summed E-state index contributed by atoms with van der Waals surface area (Å²) < 4.78 is 16.8. The van der Waals surface area contributed by atoms with Crippen LogP contribution in [-0.4, -0.2) is 73.4 Å². The molecule has 1 aromatic carbocycles. The second-order valence-electron chi connectivity index (χ2n) is 7.31. The molecule has 0 aliphatic carbocycles. The monoisotopic (exact) mass is 377 g/mol. The zero-order valence-corrected chi connectivity index (χ0v) is 15.5. The normalized spacial score (nSPS) is 33.5. The largest absolute Gasteiger partial charge is 0.497 e. The Morgan fingerprint density at radius 3 is 2.67 bits per heavy atom. The van der Waals surface area contributed by atoms with Crippen molar-refractivity contribution in [3.8, 4) is 5.75 Å². The first-order chi connectivity index (χ1) is 13.2. The van der Waals surface area contributed by atoms with E-state index in [4.69, 9.17) is 14.2 Å². The maximum Gasteiger partial charge on any atom is 0.319 e. The Bertz CT molecular complexity index is 649. The van der Waals surface area contributed by atoms with Crippen LogP contribution in [-0.2, 0) is 9.47 Å². The number of carbonyl (C=O) groups excluding carboxylic acids is 1. The van der Waals surface area contributed by atoms with E-state index < -0.39 is 18.4 Å². The lowest BCUT2D eigenvalue weighted by atomic mass is 9.93. The minimum atomic E-state index is -0.740. The van der Waals surface area contributed by atoms with Gasteiger partial charge in [0, 0.05) is 5.69 Å². The first-order valence-corrected chi connectivity index (χ1v) is 9.56. The van der Waals surface area contributed by atoms with Crippen molar-refractivity contribution in [1.82, 2.24) is 10.2 Å². The summed E-state index contributed by atoms with van der Waals surface area (Å²) in [6, 6.07) is 5.92. The van der Waals surface area contributed by atoms with Gasteiger partial charge in [-0.05, 0) is 50.2 Å². The molecular formula is C19H27N3O5. The van der Waals surface area contributed by atoms with Crippen LogP contribution in [0.4, 0.5) is 10.5 Å². The molecule has 0 aromatic heterocycles. The maximum absolute atomic E-state index is 12.5. The van der Waals surface area contributed by atoms with E-state index in [1.165, 1.54) is 6.42 Å². The summed E-state index contributed by atoms with van der Waals surface area (Å²) in [5, 5.41) is 16.7. The number of methoxy groups -OCH3 is 1. The summed E-state index contributed by atoms with van der Waals surface area (Å²) >= 11 is 0. The number of nitrogens with zero attached hydrogens (tertiary/aromatic N) is 1. The minimum absolute atomic E-state index is 0.254. The van der Waals surface area contributed by atoms with Crippen LogP contribution in [0.2, 0.25) is 0 Å². The lowest BCUT2D eigenvalue weighted by Gasteiger charge is -2.45. The predicted octanol–water partition coefficient (Wildman–Crippen LogP) is 1.16. The van der Waals surface area contributed by atoms with E-state index in [2.05, 4.69) is 15.5 Å². The van der Waals surface area contributed by atoms with Crippen LogP contribution in [0.1, 0.15) is 19.3 Å². The van der Waals surface area contributed by atoms with Crippen molar-refractivity contribution in [1.29, 1.82) is 0 Å². The van der Waals surface area contributed by atoms with Crippen LogP contribution in [0.25, 0.3) is 0 Å². The lowest BCUT2D eigenvalue weighted by molar-refractivity contribution is -0.183. The van der Waals surface area contributed by atoms with Gasteiger partial charge in [0.2, 0.25) is 0 Å². The Labute approximate surface area is 158 Å². The Morgan fingerprint density at radius 1 is 1.22 bits per heavy atom. The molecule has 5 atom stereocenters. The molecule has 3 heterocycles. The van der Waals surface area contributed by atoms with Gasteiger partial charge in [0.25, 0.3) is 0 Å². The number of likely N-dealkylation sites (tertiary alicyclic amines) is 1. The molecule has 27 heavy (non-hydrogen) atoms. The molecule has 3 aliphatic heterocycles. The van der Waals surface area contributed by atoms with E-state index >= 15 is 0 Å². The number of amides is 2. The summed E-state index contributed by atoms with van der Waals surface area (Å²) in [6.07, 6.45) is 1.92. The number of ether oxygens (including phenoxy) is 3. The number of aliphatic hydroxyl groups excluding tert-OH is 1. The van der Waals surface area contributed by atoms with Gasteiger partial charge in [-0.2, -0.15) is 0 Å². The third-order valence-electron chi connectivity index (χ3n) is 5.59. The van der Waals surface area contributed by atoms with Gasteiger partial charge in [-0.3, -0.25) is 4.90 Å². The van der Waals surface area contributed by atoms with E-state index in [9.17, 15) is 9.90 Å². The third-order valence-corrected chi connectivity index (χ3v) is 5.59. The van der Waals surface area contributed by atoms with Gasteiger partial charge in [-0.15, -0.1) is 0 Å². The molecule has 0 saturated carbocycles. The molecule has 148 valence electrons. The molecular weight excluding hydrogens is 350 g/mol. The topological polar surface area (TPSA) is 92.3 Å². The molecule has 4 rings (SSSR count). The average molecular weight is 377 g/mol. The standard InChI is InChI=1S/C19H27N3O5/c1-25-13-7-5-12(6-8-13)20-19(24)21-15-14-11-26-18(27-14)16(17(15)23)22-9-3-2-4-10-22/h5-8,14-18,23H,2-4,9-11H2,1H3,(H2,20,21,24)/t14-,15-,16-,17+,18-/m1/s1. The van der Waals surface area contributed by atoms with E-state index in [1.54, 1.807) is 31.4 Å². The quantitative estimate of drug-likeness (QED) is 0.729. The van der Waals surface area contributed by atoms with Gasteiger partial charge in [0.1, 0.15) is 11.9 Å². The van der Waals surface area contributed by atoms with Gasteiger partial charge in [0.15, 0.2) is 6.29 Å². The van der Waals surface area contributed by atoms with Crippen molar-refractivity contribution in [2.24, 2.45) is 0 Å². The number of benzene rings is 1. The number of rotatable bonds is 4. The highest BCUT2D eigenvalue weighted by Crippen LogP contribution is 2.32. The van der Waals surface area contributed by atoms with Crippen LogP contribution in [0, 0.1) is 0 Å². The van der Waals surface area contributed by atoms with Gasteiger partial charge >= 0.3 is 6.03 Å². The number of hydrogen-bond donors (Lipinski definition) is 3. The molecule has 3 aliphatic rings. The number of carbonyl (C=O) groups is 1. The molecule has 1 aromatic rings. The number of urea groups is 1. The van der Waals surface area contributed by atoms with Crippen LogP contribution in [0.3, 0.4) is 0 Å². The molecule has 8 heteroatoms. The van der Waals surface area contributed by atoms with Crippen molar-refractivity contribution in [3.63, 3.8) is 0 Å². The van der Waals surface area contributed by atoms with Crippen LogP contribution in [0.15, 0.2) is 24.3 Å². The summed E-state index contributed by atoms with van der Waals surface area (Å²) in [4.78, 5) is 14.7. The summed E-state index contributed by atoms with van der Waals surface area (Å²) in [7, 11) is 1.59. The Hall–Kier alpha value is -1.87. The Balaban J connectivity index is 1.41. The predicted molar refractivity (Wildman–Crippen MR) is 98.8 cm³/mol. The number of anilines is 1. The molecule has 0 radical (unpaired) electrons. The van der Waals surface area contributed by atoms with Crippen molar-refractivity contribution >= 4 is 11.7 Å². The van der Waals surface area contributed by atoms with E-state index in [-0.39, 0.29) is 18.2 Å². The molecule has 2 bridgehead atoms. The number of fused-ring (bicyclic) bond motifs is 2. The van der Waals surface area contributed by atoms with E-state index in [0.717, 1.165) is 31.7 Å². The average Bonchev–Trinajstić information content (AvgIpc) is 3.12. The minimum Gasteiger partial charge on any atom is -0.497 e.